The number of hydrogen-bond donors (Lipinski definition) is 6. The number of amides is 1. The van der Waals surface area contributed by atoms with Crippen molar-refractivity contribution in [3.05, 3.63) is 36.5 Å². The highest BCUT2D eigenvalue weighted by molar-refractivity contribution is 5.76. The van der Waals surface area contributed by atoms with Crippen molar-refractivity contribution in [1.82, 2.24) is 5.32 Å². The normalized spacial score (nSPS) is 18.4. The van der Waals surface area contributed by atoms with Crippen LogP contribution < -0.4 is 5.32 Å². The van der Waals surface area contributed by atoms with E-state index in [0.717, 1.165) is 51.4 Å². The molecule has 1 rings (SSSR count). The van der Waals surface area contributed by atoms with Crippen LogP contribution in [0.15, 0.2) is 36.5 Å². The van der Waals surface area contributed by atoms with Gasteiger partial charge in [0.1, 0.15) is 24.4 Å². The first-order valence-corrected chi connectivity index (χ1v) is 35.3. The maximum absolute atomic E-state index is 13.0. The van der Waals surface area contributed by atoms with Crippen LogP contribution in [0, 0.1) is 0 Å². The Morgan fingerprint density at radius 3 is 1.22 bits per heavy atom. The van der Waals surface area contributed by atoms with Crippen molar-refractivity contribution in [2.24, 2.45) is 0 Å². The van der Waals surface area contributed by atoms with E-state index in [1.165, 1.54) is 263 Å². The van der Waals surface area contributed by atoms with Gasteiger partial charge in [-0.15, -0.1) is 0 Å². The Balaban J connectivity index is 1.92. The fourth-order valence-corrected chi connectivity index (χ4v) is 11.2. The Morgan fingerprint density at radius 1 is 0.439 bits per heavy atom. The maximum atomic E-state index is 13.0. The number of esters is 1. The number of unbranched alkanes of at least 4 members (excludes halogenated alkanes) is 44. The molecule has 482 valence electrons. The molecule has 0 aliphatic carbocycles. The number of carbonyl (C=O) groups excluding carboxylic acids is 2. The number of aliphatic hydroxyl groups is 5. The minimum absolute atomic E-state index is 0.0111. The van der Waals surface area contributed by atoms with Crippen LogP contribution >= 0.6 is 0 Å². The molecular formula is C71H133NO10. The molecule has 1 fully saturated rings. The number of hydrogen-bond acceptors (Lipinski definition) is 10. The van der Waals surface area contributed by atoms with Gasteiger partial charge in [0.05, 0.1) is 32.0 Å². The highest BCUT2D eigenvalue weighted by Gasteiger charge is 2.44. The van der Waals surface area contributed by atoms with Crippen molar-refractivity contribution in [3.63, 3.8) is 0 Å². The Hall–Kier alpha value is -2.12. The van der Waals surface area contributed by atoms with Gasteiger partial charge in [-0.25, -0.2) is 0 Å². The lowest BCUT2D eigenvalue weighted by Crippen LogP contribution is -2.60. The van der Waals surface area contributed by atoms with Crippen molar-refractivity contribution < 1.29 is 49.3 Å². The molecule has 0 bridgehead atoms. The summed E-state index contributed by atoms with van der Waals surface area (Å²) >= 11 is 0. The van der Waals surface area contributed by atoms with E-state index in [9.17, 15) is 35.1 Å². The highest BCUT2D eigenvalue weighted by atomic mass is 16.7. The Kier molecular flexibility index (Phi) is 57.5. The van der Waals surface area contributed by atoms with Gasteiger partial charge in [-0.05, 0) is 70.6 Å². The second-order valence-corrected chi connectivity index (χ2v) is 24.6. The van der Waals surface area contributed by atoms with Gasteiger partial charge in [-0.1, -0.05) is 294 Å². The summed E-state index contributed by atoms with van der Waals surface area (Å²) in [5.41, 5.74) is 0. The molecule has 1 amide bonds. The zero-order chi connectivity index (χ0) is 59.5. The Morgan fingerprint density at radius 2 is 0.793 bits per heavy atom. The summed E-state index contributed by atoms with van der Waals surface area (Å²) in [4.78, 5) is 25.0. The number of allylic oxidation sites excluding steroid dienone is 5. The van der Waals surface area contributed by atoms with E-state index < -0.39 is 49.5 Å². The van der Waals surface area contributed by atoms with Crippen LogP contribution in [0.25, 0.3) is 0 Å². The van der Waals surface area contributed by atoms with Crippen LogP contribution in [0.4, 0.5) is 0 Å². The molecule has 82 heavy (non-hydrogen) atoms. The summed E-state index contributed by atoms with van der Waals surface area (Å²) in [5.74, 6) is -0.178. The lowest BCUT2D eigenvalue weighted by Gasteiger charge is -2.40. The third-order valence-electron chi connectivity index (χ3n) is 16.7. The molecule has 0 aromatic carbocycles. The molecule has 1 aliphatic rings. The predicted octanol–water partition coefficient (Wildman–Crippen LogP) is 17.8. The zero-order valence-corrected chi connectivity index (χ0v) is 53.5. The number of nitrogens with one attached hydrogen (secondary N) is 1. The number of rotatable bonds is 62. The van der Waals surface area contributed by atoms with Crippen LogP contribution in [0.5, 0.6) is 0 Å². The Bertz CT molecular complexity index is 1460. The van der Waals surface area contributed by atoms with E-state index in [4.69, 9.17) is 14.2 Å². The molecule has 0 saturated carbocycles. The van der Waals surface area contributed by atoms with E-state index in [2.05, 4.69) is 43.5 Å². The number of carbonyl (C=O) groups is 2. The highest BCUT2D eigenvalue weighted by Crippen LogP contribution is 2.23. The molecule has 0 aromatic rings. The molecule has 11 nitrogen and oxygen atoms in total. The molecule has 1 heterocycles. The van der Waals surface area contributed by atoms with Gasteiger partial charge in [0.25, 0.3) is 0 Å². The lowest BCUT2D eigenvalue weighted by atomic mass is 9.99. The van der Waals surface area contributed by atoms with E-state index in [0.29, 0.717) is 19.4 Å². The molecule has 0 aromatic heterocycles. The largest absolute Gasteiger partial charge is 0.466 e. The van der Waals surface area contributed by atoms with Crippen LogP contribution in [0.2, 0.25) is 0 Å². The first-order valence-electron chi connectivity index (χ1n) is 35.3. The summed E-state index contributed by atoms with van der Waals surface area (Å²) in [6.07, 6.45) is 67.3. The molecule has 11 heteroatoms. The summed E-state index contributed by atoms with van der Waals surface area (Å²) in [6, 6.07) is -0.824. The van der Waals surface area contributed by atoms with Crippen LogP contribution in [0.3, 0.4) is 0 Å². The van der Waals surface area contributed by atoms with E-state index in [-0.39, 0.29) is 18.5 Å². The van der Waals surface area contributed by atoms with Crippen molar-refractivity contribution >= 4 is 11.9 Å². The number of aliphatic hydroxyl groups excluding tert-OH is 5. The van der Waals surface area contributed by atoms with Gasteiger partial charge < -0.3 is 45.1 Å². The first kappa shape index (κ1) is 77.9. The van der Waals surface area contributed by atoms with Gasteiger partial charge in [0, 0.05) is 12.8 Å². The van der Waals surface area contributed by atoms with Gasteiger partial charge in [0.15, 0.2) is 6.29 Å². The molecule has 1 saturated heterocycles. The van der Waals surface area contributed by atoms with Crippen LogP contribution in [-0.4, -0.2) is 100 Å². The summed E-state index contributed by atoms with van der Waals surface area (Å²) < 4.78 is 16.7. The fourth-order valence-electron chi connectivity index (χ4n) is 11.2. The second kappa shape index (κ2) is 60.6. The minimum atomic E-state index is -1.57. The molecule has 0 spiro atoms. The van der Waals surface area contributed by atoms with Crippen molar-refractivity contribution in [2.45, 2.75) is 384 Å². The second-order valence-electron chi connectivity index (χ2n) is 24.6. The summed E-state index contributed by atoms with van der Waals surface area (Å²) in [5, 5.41) is 54.3. The first-order chi connectivity index (χ1) is 40.2. The number of ether oxygens (including phenoxy) is 3. The quantitative estimate of drug-likeness (QED) is 0.0195. The third-order valence-corrected chi connectivity index (χ3v) is 16.7. The van der Waals surface area contributed by atoms with E-state index in [1.54, 1.807) is 6.08 Å². The lowest BCUT2D eigenvalue weighted by molar-refractivity contribution is -0.302. The van der Waals surface area contributed by atoms with Crippen LogP contribution in [-0.2, 0) is 23.8 Å². The fraction of sp³-hybridized carbons (Fsp3) is 0.887. The molecule has 6 N–H and O–H groups in total. The van der Waals surface area contributed by atoms with Crippen molar-refractivity contribution in [2.75, 3.05) is 19.8 Å². The van der Waals surface area contributed by atoms with E-state index in [1.807, 2.05) is 6.08 Å². The SMILES string of the molecule is CCCCCC/C=C/CC/C=C/C(O)C(COC1OC(CO)C(O)C(O)C1O)NC(=O)CCCCCCCCCCCCCCCCCCC/C=C\CCCCCCCCCCCCCCOC(=O)CCCCCCCCCCCCC. The molecule has 7 atom stereocenters. The third kappa shape index (κ3) is 49.0. The van der Waals surface area contributed by atoms with Gasteiger partial charge in [0.2, 0.25) is 5.91 Å². The average Bonchev–Trinajstić information content (AvgIpc) is 3.56. The molecule has 0 radical (unpaired) electrons. The minimum Gasteiger partial charge on any atom is -0.466 e. The maximum Gasteiger partial charge on any atom is 0.305 e. The van der Waals surface area contributed by atoms with Gasteiger partial charge in [-0.2, -0.15) is 0 Å². The monoisotopic (exact) mass is 1160 g/mol. The van der Waals surface area contributed by atoms with Crippen molar-refractivity contribution in [3.8, 4) is 0 Å². The van der Waals surface area contributed by atoms with Crippen LogP contribution in [0.1, 0.15) is 341 Å². The van der Waals surface area contributed by atoms with Gasteiger partial charge in [-0.3, -0.25) is 9.59 Å². The Labute approximate surface area is 504 Å². The molecule has 1 aliphatic heterocycles. The summed E-state index contributed by atoms with van der Waals surface area (Å²) in [6.45, 7) is 4.32. The zero-order valence-electron chi connectivity index (χ0n) is 53.5. The van der Waals surface area contributed by atoms with E-state index >= 15 is 0 Å². The topological polar surface area (TPSA) is 175 Å². The standard InChI is InChI=1S/C71H133NO10/c1-3-5-7-9-11-13-38-43-47-51-55-59-67(76)80-60-56-52-48-44-40-37-35-33-31-29-27-25-23-21-19-17-15-16-18-20-22-24-26-28-30-32-34-36-39-42-46-50-54-58-66(75)72-63(62-81-71-70(79)69(78)68(77)65(61-73)82-71)64(74)57-53-49-45-41-14-12-10-8-6-4-2/h14,19,21,41,53,57,63-65,68-71,73-74,77-79H,3-13,15-18,20,22-40,42-52,54-56,58-62H2,1-2H3,(H,72,75)/b21-19-,41-14+,57-53+. The van der Waals surface area contributed by atoms with Crippen molar-refractivity contribution in [1.29, 1.82) is 0 Å². The summed E-state index contributed by atoms with van der Waals surface area (Å²) in [7, 11) is 0. The van der Waals surface area contributed by atoms with Gasteiger partial charge >= 0.3 is 5.97 Å². The smallest absolute Gasteiger partial charge is 0.305 e. The predicted molar refractivity (Wildman–Crippen MR) is 343 cm³/mol. The molecule has 7 unspecified atom stereocenters. The average molecular weight is 1160 g/mol. The molecular weight excluding hydrogens is 1030 g/mol.